The van der Waals surface area contributed by atoms with Crippen molar-refractivity contribution in [1.29, 1.82) is 0 Å². The predicted octanol–water partition coefficient (Wildman–Crippen LogP) is 4.44. The Labute approximate surface area is 216 Å². The monoisotopic (exact) mass is 515 g/mol. The van der Waals surface area contributed by atoms with Crippen LogP contribution in [0, 0.1) is 6.92 Å². The van der Waals surface area contributed by atoms with Crippen LogP contribution in [0.5, 0.6) is 0 Å². The molecule has 2 aromatic carbocycles. The summed E-state index contributed by atoms with van der Waals surface area (Å²) in [7, 11) is -3.51. The summed E-state index contributed by atoms with van der Waals surface area (Å²) in [5, 5.41) is 2.93. The third kappa shape index (κ3) is 8.36. The Hall–Kier alpha value is -2.87. The number of hydrogen-bond acceptors (Lipinski definition) is 4. The van der Waals surface area contributed by atoms with Gasteiger partial charge in [0.2, 0.25) is 21.8 Å². The molecule has 0 aliphatic heterocycles. The quantitative estimate of drug-likeness (QED) is 0.427. The maximum Gasteiger partial charge on any atom is 0.243 e. The fraction of sp³-hybridized carbons (Fsp3) is 0.500. The molecule has 0 fully saturated rings. The molecule has 0 heterocycles. The molecule has 0 aromatic heterocycles. The van der Waals surface area contributed by atoms with Crippen molar-refractivity contribution in [1.82, 2.24) is 10.2 Å². The second-order valence-electron chi connectivity index (χ2n) is 9.49. The van der Waals surface area contributed by atoms with E-state index in [1.165, 1.54) is 10.6 Å². The first kappa shape index (κ1) is 29.4. The van der Waals surface area contributed by atoms with E-state index in [-0.39, 0.29) is 30.8 Å². The molecule has 2 amide bonds. The van der Waals surface area contributed by atoms with Crippen LogP contribution in [0.2, 0.25) is 0 Å². The number of anilines is 1. The molecule has 2 aromatic rings. The summed E-state index contributed by atoms with van der Waals surface area (Å²) < 4.78 is 26.3. The topological polar surface area (TPSA) is 86.8 Å². The lowest BCUT2D eigenvalue weighted by molar-refractivity contribution is -0.141. The van der Waals surface area contributed by atoms with E-state index in [1.54, 1.807) is 17.0 Å². The summed E-state index contributed by atoms with van der Waals surface area (Å²) in [6.45, 7) is 10.2. The Morgan fingerprint density at radius 1 is 1.00 bits per heavy atom. The summed E-state index contributed by atoms with van der Waals surface area (Å²) >= 11 is 0. The van der Waals surface area contributed by atoms with Gasteiger partial charge in [0.1, 0.15) is 6.04 Å². The normalized spacial score (nSPS) is 12.3. The van der Waals surface area contributed by atoms with Gasteiger partial charge in [-0.15, -0.1) is 0 Å². The number of rotatable bonds is 13. The van der Waals surface area contributed by atoms with Crippen LogP contribution in [-0.2, 0) is 32.6 Å². The highest BCUT2D eigenvalue weighted by atomic mass is 32.2. The van der Waals surface area contributed by atoms with E-state index in [2.05, 4.69) is 5.32 Å². The first-order valence-corrected chi connectivity index (χ1v) is 14.5. The number of carbonyl (C=O) groups is 2. The van der Waals surface area contributed by atoms with Crippen LogP contribution < -0.4 is 9.62 Å². The first-order chi connectivity index (χ1) is 17.0. The molecule has 1 N–H and O–H groups in total. The summed E-state index contributed by atoms with van der Waals surface area (Å²) in [5.74, 6) is -0.345. The van der Waals surface area contributed by atoms with Crippen molar-refractivity contribution >= 4 is 27.5 Å². The molecule has 0 saturated carbocycles. The van der Waals surface area contributed by atoms with Crippen molar-refractivity contribution in [2.45, 2.75) is 78.9 Å². The van der Waals surface area contributed by atoms with Gasteiger partial charge in [0.15, 0.2) is 0 Å². The summed E-state index contributed by atoms with van der Waals surface area (Å²) in [5.41, 5.74) is 3.74. The van der Waals surface area contributed by atoms with Crippen molar-refractivity contribution in [2.24, 2.45) is 0 Å². The number of sulfonamides is 1. The summed E-state index contributed by atoms with van der Waals surface area (Å²) in [4.78, 5) is 28.1. The SMILES string of the molecule is CCc1ccc(N(CCCC(=O)N(Cc2ccccc2C)[C@H](CC)C(=O)NC(C)C)S(C)(=O)=O)cc1. The van der Waals surface area contributed by atoms with Crippen LogP contribution in [0.1, 0.15) is 63.6 Å². The zero-order chi connectivity index (χ0) is 26.9. The predicted molar refractivity (Wildman–Crippen MR) is 146 cm³/mol. The Morgan fingerprint density at radius 2 is 1.64 bits per heavy atom. The lowest BCUT2D eigenvalue weighted by atomic mass is 10.0. The van der Waals surface area contributed by atoms with E-state index < -0.39 is 16.1 Å². The van der Waals surface area contributed by atoms with Gasteiger partial charge in [-0.3, -0.25) is 13.9 Å². The highest BCUT2D eigenvalue weighted by molar-refractivity contribution is 7.92. The molecule has 0 aliphatic carbocycles. The fourth-order valence-electron chi connectivity index (χ4n) is 4.17. The molecule has 0 saturated heterocycles. The molecule has 0 spiro atoms. The molecule has 2 rings (SSSR count). The Bertz CT molecular complexity index is 1110. The standard InChI is InChI=1S/C28H41N3O4S/c1-7-23-15-17-25(18-16-23)31(36(6,34)35)19-11-14-27(32)30(20-24-13-10-9-12-22(24)5)26(8-2)28(33)29-21(3)4/h9-10,12-13,15-18,21,26H,7-8,11,14,19-20H2,1-6H3,(H,29,33)/t26-/m1/s1. The molecule has 0 bridgehead atoms. The van der Waals surface area contributed by atoms with Crippen LogP contribution in [0.15, 0.2) is 48.5 Å². The highest BCUT2D eigenvalue weighted by Crippen LogP contribution is 2.21. The van der Waals surface area contributed by atoms with Crippen molar-refractivity contribution in [3.05, 3.63) is 65.2 Å². The minimum absolute atomic E-state index is 0.0376. The molecule has 36 heavy (non-hydrogen) atoms. The average molecular weight is 516 g/mol. The van der Waals surface area contributed by atoms with Crippen LogP contribution in [0.3, 0.4) is 0 Å². The van der Waals surface area contributed by atoms with Crippen molar-refractivity contribution < 1.29 is 18.0 Å². The van der Waals surface area contributed by atoms with Crippen molar-refractivity contribution in [3.8, 4) is 0 Å². The Kier molecular flexibility index (Phi) is 11.0. The molecular formula is C28H41N3O4S. The van der Waals surface area contributed by atoms with Crippen LogP contribution >= 0.6 is 0 Å². The van der Waals surface area contributed by atoms with Gasteiger partial charge in [0.25, 0.3) is 0 Å². The van der Waals surface area contributed by atoms with Gasteiger partial charge in [-0.1, -0.05) is 50.2 Å². The van der Waals surface area contributed by atoms with Crippen LogP contribution in [0.25, 0.3) is 0 Å². The smallest absolute Gasteiger partial charge is 0.243 e. The maximum absolute atomic E-state index is 13.5. The number of aryl methyl sites for hydroxylation is 2. The van der Waals surface area contributed by atoms with Gasteiger partial charge < -0.3 is 10.2 Å². The van der Waals surface area contributed by atoms with Gasteiger partial charge in [-0.2, -0.15) is 0 Å². The third-order valence-corrected chi connectivity index (χ3v) is 7.40. The van der Waals surface area contributed by atoms with Crippen LogP contribution in [0.4, 0.5) is 5.69 Å². The minimum Gasteiger partial charge on any atom is -0.352 e. The maximum atomic E-state index is 13.5. The lowest BCUT2D eigenvalue weighted by Crippen LogP contribution is -2.50. The number of benzene rings is 2. The van der Waals surface area contributed by atoms with Gasteiger partial charge in [0, 0.05) is 25.6 Å². The second kappa shape index (κ2) is 13.4. The number of carbonyl (C=O) groups excluding carboxylic acids is 2. The van der Waals surface area contributed by atoms with E-state index in [0.29, 0.717) is 25.1 Å². The molecule has 0 aliphatic rings. The fourth-order valence-corrected chi connectivity index (χ4v) is 5.14. The number of nitrogens with zero attached hydrogens (tertiary/aromatic N) is 2. The van der Waals surface area contributed by atoms with E-state index in [4.69, 9.17) is 0 Å². The average Bonchev–Trinajstić information content (AvgIpc) is 2.81. The van der Waals surface area contributed by atoms with E-state index >= 15 is 0 Å². The van der Waals surface area contributed by atoms with Crippen molar-refractivity contribution in [3.63, 3.8) is 0 Å². The molecule has 198 valence electrons. The number of amides is 2. The van der Waals surface area contributed by atoms with Crippen molar-refractivity contribution in [2.75, 3.05) is 17.1 Å². The highest BCUT2D eigenvalue weighted by Gasteiger charge is 2.29. The first-order valence-electron chi connectivity index (χ1n) is 12.7. The Balaban J connectivity index is 2.22. The third-order valence-electron chi connectivity index (χ3n) is 6.20. The van der Waals surface area contributed by atoms with Crippen LogP contribution in [-0.4, -0.2) is 50.0 Å². The number of hydrogen-bond donors (Lipinski definition) is 1. The zero-order valence-electron chi connectivity index (χ0n) is 22.5. The van der Waals surface area contributed by atoms with Gasteiger partial charge in [-0.05, 0) is 68.9 Å². The summed E-state index contributed by atoms with van der Waals surface area (Å²) in [6.07, 6.45) is 3.00. The van der Waals surface area contributed by atoms with E-state index in [0.717, 1.165) is 23.1 Å². The molecular weight excluding hydrogens is 474 g/mol. The zero-order valence-corrected chi connectivity index (χ0v) is 23.3. The van der Waals surface area contributed by atoms with Gasteiger partial charge >= 0.3 is 0 Å². The largest absolute Gasteiger partial charge is 0.352 e. The van der Waals surface area contributed by atoms with Gasteiger partial charge in [-0.25, -0.2) is 8.42 Å². The number of nitrogens with one attached hydrogen (secondary N) is 1. The minimum atomic E-state index is -3.51. The van der Waals surface area contributed by atoms with Gasteiger partial charge in [0.05, 0.1) is 11.9 Å². The lowest BCUT2D eigenvalue weighted by Gasteiger charge is -2.32. The molecule has 7 nitrogen and oxygen atoms in total. The molecule has 0 radical (unpaired) electrons. The Morgan fingerprint density at radius 3 is 2.17 bits per heavy atom. The molecule has 8 heteroatoms. The van der Waals surface area contributed by atoms with E-state index in [1.807, 2.05) is 71.0 Å². The van der Waals surface area contributed by atoms with E-state index in [9.17, 15) is 18.0 Å². The molecule has 0 unspecified atom stereocenters. The summed E-state index contributed by atoms with van der Waals surface area (Å²) in [6, 6.07) is 14.6. The molecule has 1 atom stereocenters. The second-order valence-corrected chi connectivity index (χ2v) is 11.4.